The number of hydrogen-bond acceptors (Lipinski definition) is 3. The molecule has 1 nitrogen and oxygen atoms in total. The van der Waals surface area contributed by atoms with Crippen LogP contribution in [0.4, 0.5) is 0 Å². The zero-order chi connectivity index (χ0) is 17.4. The van der Waals surface area contributed by atoms with Crippen LogP contribution in [0.2, 0.25) is 0 Å². The maximum Gasteiger partial charge on any atom is 0.127 e. The third-order valence-electron chi connectivity index (χ3n) is 3.32. The summed E-state index contributed by atoms with van der Waals surface area (Å²) < 4.78 is 5.68. The van der Waals surface area contributed by atoms with E-state index >= 15 is 0 Å². The molecule has 3 aromatic carbocycles. The lowest BCUT2D eigenvalue weighted by Crippen LogP contribution is -1.84. The number of aryl methyl sites for hydroxylation is 2. The van der Waals surface area contributed by atoms with Crippen LogP contribution in [0, 0.1) is 13.8 Å². The Balaban J connectivity index is 0.000000198. The SMILES string of the molecule is CSc1ccc(C)cc1.Cc1cccc(Oc2ccc(S)cc2)c1. The van der Waals surface area contributed by atoms with Crippen molar-refractivity contribution in [2.75, 3.05) is 6.26 Å². The molecule has 0 bridgehead atoms. The van der Waals surface area contributed by atoms with Gasteiger partial charge < -0.3 is 4.74 Å². The van der Waals surface area contributed by atoms with Crippen molar-refractivity contribution in [3.8, 4) is 11.5 Å². The van der Waals surface area contributed by atoms with E-state index in [2.05, 4.69) is 50.1 Å². The zero-order valence-electron chi connectivity index (χ0n) is 14.2. The van der Waals surface area contributed by atoms with Crippen molar-refractivity contribution in [2.24, 2.45) is 0 Å². The van der Waals surface area contributed by atoms with Crippen LogP contribution in [0.5, 0.6) is 11.5 Å². The first-order chi connectivity index (χ1) is 11.6. The lowest BCUT2D eigenvalue weighted by atomic mass is 10.2. The van der Waals surface area contributed by atoms with E-state index in [9.17, 15) is 0 Å². The Morgan fingerprint density at radius 2 is 1.42 bits per heavy atom. The molecule has 24 heavy (non-hydrogen) atoms. The van der Waals surface area contributed by atoms with Crippen molar-refractivity contribution >= 4 is 24.4 Å². The second-order valence-electron chi connectivity index (χ2n) is 5.43. The normalized spacial score (nSPS) is 9.83. The van der Waals surface area contributed by atoms with Gasteiger partial charge in [-0.15, -0.1) is 24.4 Å². The molecule has 0 saturated carbocycles. The fourth-order valence-electron chi connectivity index (χ4n) is 2.00. The van der Waals surface area contributed by atoms with Crippen LogP contribution in [0.3, 0.4) is 0 Å². The molecule has 0 N–H and O–H groups in total. The third kappa shape index (κ3) is 6.34. The average Bonchev–Trinajstić information content (AvgIpc) is 2.58. The Bertz CT molecular complexity index is 750. The standard InChI is InChI=1S/C13H12OS.C8H10S/c1-10-3-2-4-12(9-10)14-11-5-7-13(15)8-6-11;1-7-3-5-8(9-2)6-4-7/h2-9,15H,1H3;3-6H,1-2H3. The van der Waals surface area contributed by atoms with Crippen LogP contribution in [0.15, 0.2) is 82.6 Å². The Morgan fingerprint density at radius 1 is 0.750 bits per heavy atom. The average molecular weight is 355 g/mol. The van der Waals surface area contributed by atoms with E-state index in [0.29, 0.717) is 0 Å². The maximum atomic E-state index is 5.68. The predicted octanol–water partition coefficient (Wildman–Crippen LogP) is 6.79. The monoisotopic (exact) mass is 354 g/mol. The van der Waals surface area contributed by atoms with Crippen molar-refractivity contribution in [1.82, 2.24) is 0 Å². The lowest BCUT2D eigenvalue weighted by molar-refractivity contribution is 0.482. The molecule has 0 heterocycles. The zero-order valence-corrected chi connectivity index (χ0v) is 15.9. The molecule has 0 aliphatic carbocycles. The Hall–Kier alpha value is -1.84. The van der Waals surface area contributed by atoms with Crippen molar-refractivity contribution in [3.05, 3.63) is 83.9 Å². The molecule has 0 amide bonds. The minimum absolute atomic E-state index is 0.832. The van der Waals surface area contributed by atoms with Crippen molar-refractivity contribution in [2.45, 2.75) is 23.6 Å². The van der Waals surface area contributed by atoms with Crippen LogP contribution in [-0.2, 0) is 0 Å². The molecular formula is C21H22OS2. The summed E-state index contributed by atoms with van der Waals surface area (Å²) >= 11 is 6.00. The Labute approximate surface area is 154 Å². The van der Waals surface area contributed by atoms with Gasteiger partial charge in [0.1, 0.15) is 11.5 Å². The molecule has 0 fully saturated rings. The first kappa shape index (κ1) is 18.5. The van der Waals surface area contributed by atoms with Gasteiger partial charge in [0.05, 0.1) is 0 Å². The van der Waals surface area contributed by atoms with E-state index in [-0.39, 0.29) is 0 Å². The number of thiol groups is 1. The first-order valence-electron chi connectivity index (χ1n) is 7.71. The summed E-state index contributed by atoms with van der Waals surface area (Å²) in [4.78, 5) is 2.27. The number of hydrogen-bond donors (Lipinski definition) is 1. The number of ether oxygens (including phenoxy) is 1. The van der Waals surface area contributed by atoms with Gasteiger partial charge in [0, 0.05) is 9.79 Å². The van der Waals surface area contributed by atoms with E-state index in [0.717, 1.165) is 16.4 Å². The van der Waals surface area contributed by atoms with Gasteiger partial charge in [0.25, 0.3) is 0 Å². The quantitative estimate of drug-likeness (QED) is 0.409. The minimum atomic E-state index is 0.832. The van der Waals surface area contributed by atoms with E-state index in [1.807, 2.05) is 55.5 Å². The maximum absolute atomic E-state index is 5.68. The number of thioether (sulfide) groups is 1. The first-order valence-corrected chi connectivity index (χ1v) is 9.38. The third-order valence-corrected chi connectivity index (χ3v) is 4.36. The summed E-state index contributed by atoms with van der Waals surface area (Å²) in [5.41, 5.74) is 2.52. The van der Waals surface area contributed by atoms with Gasteiger partial charge in [0.2, 0.25) is 0 Å². The van der Waals surface area contributed by atoms with E-state index in [1.54, 1.807) is 11.8 Å². The van der Waals surface area contributed by atoms with E-state index in [1.165, 1.54) is 16.0 Å². The highest BCUT2D eigenvalue weighted by molar-refractivity contribution is 7.98. The molecular weight excluding hydrogens is 332 g/mol. The van der Waals surface area contributed by atoms with Crippen molar-refractivity contribution in [1.29, 1.82) is 0 Å². The molecule has 3 rings (SSSR count). The van der Waals surface area contributed by atoms with Gasteiger partial charge >= 0.3 is 0 Å². The topological polar surface area (TPSA) is 9.23 Å². The second-order valence-corrected chi connectivity index (χ2v) is 6.83. The molecule has 0 aromatic heterocycles. The number of benzene rings is 3. The fraction of sp³-hybridized carbons (Fsp3) is 0.143. The molecule has 0 unspecified atom stereocenters. The molecule has 3 heteroatoms. The summed E-state index contributed by atoms with van der Waals surface area (Å²) in [5, 5.41) is 0. The van der Waals surface area contributed by atoms with Gasteiger partial charge in [-0.2, -0.15) is 0 Å². The minimum Gasteiger partial charge on any atom is -0.457 e. The van der Waals surface area contributed by atoms with Gasteiger partial charge in [0.15, 0.2) is 0 Å². The summed E-state index contributed by atoms with van der Waals surface area (Å²) in [6, 6.07) is 24.2. The van der Waals surface area contributed by atoms with Crippen LogP contribution < -0.4 is 4.74 Å². The Kier molecular flexibility index (Phi) is 7.29. The molecule has 0 aliphatic heterocycles. The van der Waals surface area contributed by atoms with Gasteiger partial charge in [-0.1, -0.05) is 29.8 Å². The second kappa shape index (κ2) is 9.45. The van der Waals surface area contributed by atoms with E-state index < -0.39 is 0 Å². The van der Waals surface area contributed by atoms with Crippen molar-refractivity contribution in [3.63, 3.8) is 0 Å². The molecule has 0 spiro atoms. The van der Waals surface area contributed by atoms with E-state index in [4.69, 9.17) is 4.74 Å². The molecule has 3 aromatic rings. The fourth-order valence-corrected chi connectivity index (χ4v) is 2.56. The van der Waals surface area contributed by atoms with Crippen LogP contribution in [-0.4, -0.2) is 6.26 Å². The van der Waals surface area contributed by atoms with Crippen LogP contribution in [0.25, 0.3) is 0 Å². The van der Waals surface area contributed by atoms with Crippen LogP contribution in [0.1, 0.15) is 11.1 Å². The molecule has 0 aliphatic rings. The van der Waals surface area contributed by atoms with Gasteiger partial charge in [-0.05, 0) is 74.2 Å². The van der Waals surface area contributed by atoms with Crippen LogP contribution >= 0.6 is 24.4 Å². The Morgan fingerprint density at radius 3 is 2.00 bits per heavy atom. The summed E-state index contributed by atoms with van der Waals surface area (Å²) in [7, 11) is 0. The molecule has 0 saturated heterocycles. The largest absolute Gasteiger partial charge is 0.457 e. The van der Waals surface area contributed by atoms with Gasteiger partial charge in [-0.3, -0.25) is 0 Å². The summed E-state index contributed by atoms with van der Waals surface area (Å²) in [6.07, 6.45) is 2.09. The van der Waals surface area contributed by atoms with Crippen molar-refractivity contribution < 1.29 is 4.74 Å². The van der Waals surface area contributed by atoms with Gasteiger partial charge in [-0.25, -0.2) is 0 Å². The molecule has 0 radical (unpaired) electrons. The molecule has 0 atom stereocenters. The smallest absolute Gasteiger partial charge is 0.127 e. The predicted molar refractivity (Wildman–Crippen MR) is 108 cm³/mol. The lowest BCUT2D eigenvalue weighted by Gasteiger charge is -2.06. The highest BCUT2D eigenvalue weighted by atomic mass is 32.2. The number of rotatable bonds is 3. The highest BCUT2D eigenvalue weighted by Crippen LogP contribution is 2.23. The highest BCUT2D eigenvalue weighted by Gasteiger charge is 1.96. The summed E-state index contributed by atoms with van der Waals surface area (Å²) in [6.45, 7) is 4.15. The summed E-state index contributed by atoms with van der Waals surface area (Å²) in [5.74, 6) is 1.69. The molecule has 124 valence electrons.